The van der Waals surface area contributed by atoms with Crippen molar-refractivity contribution in [2.24, 2.45) is 5.73 Å². The van der Waals surface area contributed by atoms with Gasteiger partial charge in [-0.3, -0.25) is 24.1 Å². The number of primary amides is 1. The van der Waals surface area contributed by atoms with E-state index in [0.717, 1.165) is 47.4 Å². The number of hydrogen-bond acceptors (Lipinski definition) is 4. The van der Waals surface area contributed by atoms with Gasteiger partial charge in [0.1, 0.15) is 0 Å². The number of nitrogens with two attached hydrogens (primary N) is 1. The van der Waals surface area contributed by atoms with Gasteiger partial charge in [0, 0.05) is 11.3 Å². The number of nitrogens with one attached hydrogen (secondary N) is 1. The molecule has 0 saturated heterocycles. The van der Waals surface area contributed by atoms with Crippen LogP contribution in [0.3, 0.4) is 0 Å². The summed E-state index contributed by atoms with van der Waals surface area (Å²) in [7, 11) is 0. The number of aromatic nitrogens is 1. The summed E-state index contributed by atoms with van der Waals surface area (Å²) in [5.41, 5.74) is 8.53. The number of rotatable bonds is 3. The molecule has 3 amide bonds. The lowest BCUT2D eigenvalue weighted by atomic mass is 9.90. The summed E-state index contributed by atoms with van der Waals surface area (Å²) in [5.74, 6) is -1.88. The predicted octanol–water partition coefficient (Wildman–Crippen LogP) is 1.46. The van der Waals surface area contributed by atoms with E-state index in [1.54, 1.807) is 0 Å². The molecule has 0 spiro atoms. The van der Waals surface area contributed by atoms with E-state index in [0.29, 0.717) is 5.56 Å². The third-order valence-electron chi connectivity index (χ3n) is 5.49. The van der Waals surface area contributed by atoms with E-state index in [1.165, 1.54) is 18.2 Å². The molecular formula is C20H19N3O4. The van der Waals surface area contributed by atoms with Gasteiger partial charge in [0.05, 0.1) is 23.2 Å². The van der Waals surface area contributed by atoms with E-state index >= 15 is 0 Å². The van der Waals surface area contributed by atoms with E-state index in [4.69, 9.17) is 5.73 Å². The summed E-state index contributed by atoms with van der Waals surface area (Å²) >= 11 is 0. The average Bonchev–Trinajstić information content (AvgIpc) is 2.89. The number of carbonyl (C=O) groups excluding carboxylic acids is 3. The summed E-state index contributed by atoms with van der Waals surface area (Å²) in [6.45, 7) is 1.74. The van der Waals surface area contributed by atoms with Crippen molar-refractivity contribution in [1.82, 2.24) is 9.88 Å². The molecule has 1 aliphatic heterocycles. The summed E-state index contributed by atoms with van der Waals surface area (Å²) < 4.78 is 0. The number of aryl methyl sites for hydroxylation is 1. The van der Waals surface area contributed by atoms with Crippen molar-refractivity contribution < 1.29 is 14.4 Å². The van der Waals surface area contributed by atoms with Gasteiger partial charge in [-0.1, -0.05) is 6.07 Å². The maximum absolute atomic E-state index is 12.8. The first-order valence-electron chi connectivity index (χ1n) is 8.92. The first kappa shape index (κ1) is 17.2. The molecule has 7 nitrogen and oxygen atoms in total. The maximum atomic E-state index is 12.8. The molecule has 7 heteroatoms. The number of benzene rings is 1. The second-order valence-electron chi connectivity index (χ2n) is 7.01. The number of aromatic amines is 1. The van der Waals surface area contributed by atoms with E-state index < -0.39 is 17.7 Å². The number of H-pyrrole nitrogens is 1. The van der Waals surface area contributed by atoms with E-state index in [2.05, 4.69) is 4.98 Å². The highest BCUT2D eigenvalue weighted by atomic mass is 16.2. The Hall–Kier alpha value is -3.22. The Morgan fingerprint density at radius 3 is 2.63 bits per heavy atom. The van der Waals surface area contributed by atoms with Crippen molar-refractivity contribution in [2.45, 2.75) is 39.2 Å². The van der Waals surface area contributed by atoms with E-state index in [9.17, 15) is 19.2 Å². The Morgan fingerprint density at radius 2 is 1.89 bits per heavy atom. The fourth-order valence-electron chi connectivity index (χ4n) is 4.05. The van der Waals surface area contributed by atoms with Gasteiger partial charge in [-0.2, -0.15) is 0 Å². The van der Waals surface area contributed by atoms with Crippen LogP contribution in [0, 0.1) is 6.92 Å². The summed E-state index contributed by atoms with van der Waals surface area (Å²) in [6.07, 6.45) is 3.80. The molecule has 0 fully saturated rings. The molecule has 2 aromatic rings. The highest BCUT2D eigenvalue weighted by Crippen LogP contribution is 2.29. The molecule has 1 aromatic carbocycles. The average molecular weight is 365 g/mol. The molecule has 2 heterocycles. The Labute approximate surface area is 155 Å². The molecule has 0 bridgehead atoms. The Morgan fingerprint density at radius 1 is 1.15 bits per heavy atom. The first-order valence-corrected chi connectivity index (χ1v) is 8.92. The molecule has 0 atom stereocenters. The van der Waals surface area contributed by atoms with E-state index in [-0.39, 0.29) is 28.8 Å². The van der Waals surface area contributed by atoms with Crippen molar-refractivity contribution in [3.8, 4) is 0 Å². The van der Waals surface area contributed by atoms with Crippen molar-refractivity contribution >= 4 is 17.7 Å². The van der Waals surface area contributed by atoms with Crippen LogP contribution in [0.4, 0.5) is 0 Å². The molecular weight excluding hydrogens is 346 g/mol. The van der Waals surface area contributed by atoms with E-state index in [1.807, 2.05) is 6.92 Å². The monoisotopic (exact) mass is 365 g/mol. The van der Waals surface area contributed by atoms with Crippen molar-refractivity contribution in [2.75, 3.05) is 0 Å². The molecule has 0 radical (unpaired) electrons. The van der Waals surface area contributed by atoms with Crippen molar-refractivity contribution in [1.29, 1.82) is 0 Å². The smallest absolute Gasteiger partial charge is 0.262 e. The number of pyridine rings is 1. The lowest BCUT2D eigenvalue weighted by molar-refractivity contribution is 0.0639. The summed E-state index contributed by atoms with van der Waals surface area (Å²) in [6, 6.07) is 4.43. The Balaban J connectivity index is 1.76. The normalized spacial score (nSPS) is 15.7. The van der Waals surface area contributed by atoms with Crippen LogP contribution in [0.2, 0.25) is 0 Å². The van der Waals surface area contributed by atoms with Crippen LogP contribution in [0.25, 0.3) is 0 Å². The topological polar surface area (TPSA) is 113 Å². The zero-order chi connectivity index (χ0) is 19.3. The fraction of sp³-hybridized carbons (Fsp3) is 0.300. The number of fused-ring (bicyclic) bond motifs is 2. The standard InChI is InChI=1S/C20H19N3O4/c1-10-11-5-2-3-8-15(11)22-18(25)14(10)9-23-19(26)13-7-4-6-12(17(21)24)16(13)20(23)27/h4,6-7H,2-3,5,8-9H2,1H3,(H2,21,24)(H,22,25). The maximum Gasteiger partial charge on any atom is 0.262 e. The minimum Gasteiger partial charge on any atom is -0.366 e. The van der Waals surface area contributed by atoms with Gasteiger partial charge < -0.3 is 10.7 Å². The van der Waals surface area contributed by atoms with Gasteiger partial charge in [0.15, 0.2) is 0 Å². The van der Waals surface area contributed by atoms with Gasteiger partial charge in [0.2, 0.25) is 5.91 Å². The minimum atomic E-state index is -0.766. The van der Waals surface area contributed by atoms with Crippen LogP contribution in [0.1, 0.15) is 66.3 Å². The molecule has 3 N–H and O–H groups in total. The fourth-order valence-corrected chi connectivity index (χ4v) is 4.05. The number of amides is 3. The second-order valence-corrected chi connectivity index (χ2v) is 7.01. The third kappa shape index (κ3) is 2.58. The highest BCUT2D eigenvalue weighted by molar-refractivity contribution is 6.24. The molecule has 138 valence electrons. The lowest BCUT2D eigenvalue weighted by Gasteiger charge is -2.21. The molecule has 27 heavy (non-hydrogen) atoms. The van der Waals surface area contributed by atoms with Gasteiger partial charge >= 0.3 is 0 Å². The molecule has 0 saturated carbocycles. The van der Waals surface area contributed by atoms with Crippen molar-refractivity contribution in [3.63, 3.8) is 0 Å². The Kier molecular flexibility index (Phi) is 3.95. The zero-order valence-corrected chi connectivity index (χ0v) is 14.9. The molecule has 0 unspecified atom stereocenters. The molecule has 2 aliphatic rings. The molecule has 1 aliphatic carbocycles. The highest BCUT2D eigenvalue weighted by Gasteiger charge is 2.39. The predicted molar refractivity (Wildman–Crippen MR) is 97.6 cm³/mol. The molecule has 4 rings (SSSR count). The number of imide groups is 1. The largest absolute Gasteiger partial charge is 0.366 e. The van der Waals surface area contributed by atoms with Crippen LogP contribution in [0.15, 0.2) is 23.0 Å². The van der Waals surface area contributed by atoms with Gasteiger partial charge in [-0.25, -0.2) is 0 Å². The summed E-state index contributed by atoms with van der Waals surface area (Å²) in [4.78, 5) is 53.7. The zero-order valence-electron chi connectivity index (χ0n) is 14.9. The van der Waals surface area contributed by atoms with Gasteiger partial charge in [0.25, 0.3) is 17.4 Å². The quantitative estimate of drug-likeness (QED) is 0.802. The number of carbonyl (C=O) groups is 3. The lowest BCUT2D eigenvalue weighted by Crippen LogP contribution is -2.33. The number of hydrogen-bond donors (Lipinski definition) is 2. The molecule has 1 aromatic heterocycles. The van der Waals surface area contributed by atoms with Crippen LogP contribution in [-0.4, -0.2) is 27.6 Å². The van der Waals surface area contributed by atoms with Gasteiger partial charge in [-0.15, -0.1) is 0 Å². The van der Waals surface area contributed by atoms with Crippen LogP contribution in [0.5, 0.6) is 0 Å². The third-order valence-corrected chi connectivity index (χ3v) is 5.49. The van der Waals surface area contributed by atoms with Crippen LogP contribution in [-0.2, 0) is 19.4 Å². The van der Waals surface area contributed by atoms with Gasteiger partial charge in [-0.05, 0) is 55.9 Å². The minimum absolute atomic E-state index is 0.0158. The van der Waals surface area contributed by atoms with Crippen molar-refractivity contribution in [3.05, 3.63) is 67.6 Å². The number of nitrogens with zero attached hydrogens (tertiary/aromatic N) is 1. The summed E-state index contributed by atoms with van der Waals surface area (Å²) in [5, 5.41) is 0. The first-order chi connectivity index (χ1) is 12.9. The Bertz CT molecular complexity index is 1070. The second kappa shape index (κ2) is 6.19. The van der Waals surface area contributed by atoms with Crippen LogP contribution < -0.4 is 11.3 Å². The van der Waals surface area contributed by atoms with Crippen LogP contribution >= 0.6 is 0 Å². The SMILES string of the molecule is Cc1c2c([nH]c(=O)c1CN1C(=O)c3cccc(C(N)=O)c3C1=O)CCCC2.